The number of rotatable bonds is 7. The average Bonchev–Trinajstić information content (AvgIpc) is 2.61. The number of anilines is 1. The van der Waals surface area contributed by atoms with Crippen LogP contribution in [0.2, 0.25) is 0 Å². The summed E-state index contributed by atoms with van der Waals surface area (Å²) in [6.07, 6.45) is 0. The Kier molecular flexibility index (Phi) is 6.39. The van der Waals surface area contributed by atoms with E-state index in [2.05, 4.69) is 5.32 Å². The first-order valence-electron chi connectivity index (χ1n) is 7.84. The Morgan fingerprint density at radius 3 is 2.36 bits per heavy atom. The van der Waals surface area contributed by atoms with Crippen molar-refractivity contribution in [2.75, 3.05) is 26.1 Å². The first-order valence-corrected chi connectivity index (χ1v) is 7.84. The molecule has 0 unspecified atom stereocenters. The Balaban J connectivity index is 2.08. The van der Waals surface area contributed by atoms with Gasteiger partial charge in [-0.2, -0.15) is 0 Å². The molecule has 0 aliphatic heterocycles. The Hall–Kier alpha value is -3.02. The van der Waals surface area contributed by atoms with Gasteiger partial charge in [0.05, 0.1) is 19.9 Å². The minimum absolute atomic E-state index is 0.0510. The highest BCUT2D eigenvalue weighted by Crippen LogP contribution is 2.28. The van der Waals surface area contributed by atoms with Crippen LogP contribution in [0.5, 0.6) is 11.5 Å². The molecule has 25 heavy (non-hydrogen) atoms. The third kappa shape index (κ3) is 5.24. The van der Waals surface area contributed by atoms with Crippen molar-refractivity contribution in [3.05, 3.63) is 54.1 Å². The molecule has 6 nitrogen and oxygen atoms in total. The molecule has 0 aliphatic rings. The van der Waals surface area contributed by atoms with Crippen molar-refractivity contribution in [2.24, 2.45) is 0 Å². The standard InChI is InChI=1S/C19H22N2O4/c1-14(22)21(12-15-7-5-4-6-8-15)13-19(23)20-17-11-16(24-2)9-10-18(17)25-3/h4-11H,12-13H2,1-3H3,(H,20,23). The van der Waals surface area contributed by atoms with Gasteiger partial charge in [0, 0.05) is 19.5 Å². The molecular formula is C19H22N2O4. The van der Waals surface area contributed by atoms with E-state index < -0.39 is 0 Å². The highest BCUT2D eigenvalue weighted by molar-refractivity contribution is 5.95. The molecule has 2 aromatic carbocycles. The Bertz CT molecular complexity index is 731. The van der Waals surface area contributed by atoms with Gasteiger partial charge in [0.2, 0.25) is 11.8 Å². The van der Waals surface area contributed by atoms with Crippen LogP contribution in [-0.4, -0.2) is 37.5 Å². The van der Waals surface area contributed by atoms with E-state index in [0.29, 0.717) is 23.7 Å². The van der Waals surface area contributed by atoms with E-state index in [4.69, 9.17) is 9.47 Å². The Morgan fingerprint density at radius 1 is 1.04 bits per heavy atom. The number of nitrogens with one attached hydrogen (secondary N) is 1. The molecule has 0 radical (unpaired) electrons. The second kappa shape index (κ2) is 8.73. The van der Waals surface area contributed by atoms with Gasteiger partial charge < -0.3 is 19.7 Å². The lowest BCUT2D eigenvalue weighted by atomic mass is 10.2. The molecule has 0 fully saturated rings. The van der Waals surface area contributed by atoms with E-state index in [1.54, 1.807) is 25.3 Å². The summed E-state index contributed by atoms with van der Waals surface area (Å²) < 4.78 is 10.4. The topological polar surface area (TPSA) is 67.9 Å². The average molecular weight is 342 g/mol. The minimum atomic E-state index is -0.308. The molecule has 2 amide bonds. The Morgan fingerprint density at radius 2 is 1.76 bits per heavy atom. The maximum Gasteiger partial charge on any atom is 0.244 e. The van der Waals surface area contributed by atoms with Crippen LogP contribution in [0.4, 0.5) is 5.69 Å². The van der Waals surface area contributed by atoms with Crippen molar-refractivity contribution in [2.45, 2.75) is 13.5 Å². The van der Waals surface area contributed by atoms with Gasteiger partial charge in [0.25, 0.3) is 0 Å². The second-order valence-electron chi connectivity index (χ2n) is 5.48. The molecule has 2 aromatic rings. The number of carbonyl (C=O) groups is 2. The lowest BCUT2D eigenvalue weighted by Gasteiger charge is -2.21. The highest BCUT2D eigenvalue weighted by atomic mass is 16.5. The number of ether oxygens (including phenoxy) is 2. The lowest BCUT2D eigenvalue weighted by Crippen LogP contribution is -2.36. The van der Waals surface area contributed by atoms with Gasteiger partial charge in [-0.25, -0.2) is 0 Å². The van der Waals surface area contributed by atoms with E-state index in [1.165, 1.54) is 18.9 Å². The fourth-order valence-corrected chi connectivity index (χ4v) is 2.36. The lowest BCUT2D eigenvalue weighted by molar-refractivity contribution is -0.133. The van der Waals surface area contributed by atoms with Crippen LogP contribution < -0.4 is 14.8 Å². The van der Waals surface area contributed by atoms with Crippen molar-refractivity contribution >= 4 is 17.5 Å². The third-order valence-corrected chi connectivity index (χ3v) is 3.68. The molecule has 0 aromatic heterocycles. The van der Waals surface area contributed by atoms with Crippen LogP contribution in [0.15, 0.2) is 48.5 Å². The van der Waals surface area contributed by atoms with Crippen LogP contribution in [-0.2, 0) is 16.1 Å². The molecule has 132 valence electrons. The van der Waals surface area contributed by atoms with E-state index in [-0.39, 0.29) is 18.4 Å². The first-order chi connectivity index (χ1) is 12.0. The molecule has 2 rings (SSSR count). The molecule has 0 bridgehead atoms. The number of benzene rings is 2. The van der Waals surface area contributed by atoms with E-state index in [1.807, 2.05) is 30.3 Å². The number of hydrogen-bond donors (Lipinski definition) is 1. The van der Waals surface area contributed by atoms with Gasteiger partial charge >= 0.3 is 0 Å². The molecule has 0 saturated carbocycles. The van der Waals surface area contributed by atoms with Gasteiger partial charge in [0.1, 0.15) is 18.0 Å². The molecule has 0 heterocycles. The molecule has 0 spiro atoms. The van der Waals surface area contributed by atoms with Crippen LogP contribution in [0.25, 0.3) is 0 Å². The molecular weight excluding hydrogens is 320 g/mol. The van der Waals surface area contributed by atoms with Gasteiger partial charge in [-0.3, -0.25) is 9.59 Å². The zero-order valence-electron chi connectivity index (χ0n) is 14.6. The first kappa shape index (κ1) is 18.3. The Labute approximate surface area is 147 Å². The summed E-state index contributed by atoms with van der Waals surface area (Å²) in [5.41, 5.74) is 1.46. The predicted octanol–water partition coefficient (Wildman–Crippen LogP) is 2.69. The fourth-order valence-electron chi connectivity index (χ4n) is 2.36. The molecule has 0 aliphatic carbocycles. The number of hydrogen-bond acceptors (Lipinski definition) is 4. The minimum Gasteiger partial charge on any atom is -0.497 e. The SMILES string of the molecule is COc1ccc(OC)c(NC(=O)CN(Cc2ccccc2)C(C)=O)c1. The summed E-state index contributed by atoms with van der Waals surface area (Å²) in [5, 5.41) is 2.77. The molecule has 0 atom stereocenters. The largest absolute Gasteiger partial charge is 0.497 e. The summed E-state index contributed by atoms with van der Waals surface area (Å²) >= 11 is 0. The quantitative estimate of drug-likeness (QED) is 0.840. The maximum absolute atomic E-state index is 12.4. The predicted molar refractivity (Wildman–Crippen MR) is 95.7 cm³/mol. The highest BCUT2D eigenvalue weighted by Gasteiger charge is 2.16. The van der Waals surface area contributed by atoms with Gasteiger partial charge in [0.15, 0.2) is 0 Å². The number of carbonyl (C=O) groups excluding carboxylic acids is 2. The molecule has 1 N–H and O–H groups in total. The van der Waals surface area contributed by atoms with E-state index >= 15 is 0 Å². The zero-order valence-corrected chi connectivity index (χ0v) is 14.6. The van der Waals surface area contributed by atoms with Crippen molar-refractivity contribution in [3.63, 3.8) is 0 Å². The summed E-state index contributed by atoms with van der Waals surface area (Å²) in [5.74, 6) is 0.643. The molecule has 0 saturated heterocycles. The van der Waals surface area contributed by atoms with Crippen molar-refractivity contribution in [1.29, 1.82) is 0 Å². The smallest absolute Gasteiger partial charge is 0.244 e. The van der Waals surface area contributed by atoms with Gasteiger partial charge in [-0.05, 0) is 17.7 Å². The summed E-state index contributed by atoms with van der Waals surface area (Å²) in [7, 11) is 3.07. The summed E-state index contributed by atoms with van der Waals surface area (Å²) in [4.78, 5) is 25.7. The number of methoxy groups -OCH3 is 2. The van der Waals surface area contributed by atoms with Gasteiger partial charge in [-0.15, -0.1) is 0 Å². The van der Waals surface area contributed by atoms with Crippen molar-refractivity contribution in [3.8, 4) is 11.5 Å². The summed E-state index contributed by atoms with van der Waals surface area (Å²) in [6, 6.07) is 14.7. The van der Waals surface area contributed by atoms with Crippen LogP contribution >= 0.6 is 0 Å². The third-order valence-electron chi connectivity index (χ3n) is 3.68. The van der Waals surface area contributed by atoms with Crippen LogP contribution in [0.1, 0.15) is 12.5 Å². The summed E-state index contributed by atoms with van der Waals surface area (Å²) in [6.45, 7) is 1.77. The van der Waals surface area contributed by atoms with Crippen molar-refractivity contribution < 1.29 is 19.1 Å². The fraction of sp³-hybridized carbons (Fsp3) is 0.263. The number of amides is 2. The van der Waals surface area contributed by atoms with E-state index in [0.717, 1.165) is 5.56 Å². The van der Waals surface area contributed by atoms with Crippen molar-refractivity contribution in [1.82, 2.24) is 4.90 Å². The number of nitrogens with zero attached hydrogens (tertiary/aromatic N) is 1. The van der Waals surface area contributed by atoms with Crippen LogP contribution in [0.3, 0.4) is 0 Å². The van der Waals surface area contributed by atoms with E-state index in [9.17, 15) is 9.59 Å². The second-order valence-corrected chi connectivity index (χ2v) is 5.48. The van der Waals surface area contributed by atoms with Crippen LogP contribution in [0, 0.1) is 0 Å². The monoisotopic (exact) mass is 342 g/mol. The normalized spacial score (nSPS) is 10.0. The zero-order chi connectivity index (χ0) is 18.2. The molecule has 6 heteroatoms. The van der Waals surface area contributed by atoms with Gasteiger partial charge in [-0.1, -0.05) is 30.3 Å². The maximum atomic E-state index is 12.4.